The molecule has 0 unspecified atom stereocenters. The number of carbonyl (C=O) groups is 2. The van der Waals surface area contributed by atoms with Gasteiger partial charge in [0.25, 0.3) is 11.7 Å². The molecule has 1 saturated heterocycles. The van der Waals surface area contributed by atoms with Crippen molar-refractivity contribution in [3.05, 3.63) is 83.4 Å². The number of amides is 1. The standard InChI is InChI=1S/C26H30N2O4/c1-5-17-32-21-13-11-20(12-14-21)24(29)22-23(19-9-7-18(2)8-10-19)28(26(31)25(22)30)16-6-15-27(3)4/h5,7-14,23,29H,1,6,15-17H2,2-4H3/b24-22+/t23-/m0/s1. The Balaban J connectivity index is 2.02. The van der Waals surface area contributed by atoms with Gasteiger partial charge in [0.05, 0.1) is 11.6 Å². The third-order valence-corrected chi connectivity index (χ3v) is 5.43. The molecule has 0 saturated carbocycles. The zero-order valence-electron chi connectivity index (χ0n) is 18.9. The second-order valence-electron chi connectivity index (χ2n) is 8.18. The smallest absolute Gasteiger partial charge is 0.295 e. The number of carbonyl (C=O) groups excluding carboxylic acids is 2. The zero-order valence-corrected chi connectivity index (χ0v) is 18.9. The number of ether oxygens (including phenoxy) is 1. The first-order valence-corrected chi connectivity index (χ1v) is 10.7. The second kappa shape index (κ2) is 10.3. The van der Waals surface area contributed by atoms with Gasteiger partial charge in [-0.15, -0.1) is 0 Å². The molecule has 6 heteroatoms. The highest BCUT2D eigenvalue weighted by Crippen LogP contribution is 2.39. The molecule has 3 rings (SSSR count). The second-order valence-corrected chi connectivity index (χ2v) is 8.18. The predicted molar refractivity (Wildman–Crippen MR) is 125 cm³/mol. The lowest BCUT2D eigenvalue weighted by Gasteiger charge is -2.26. The molecule has 1 amide bonds. The van der Waals surface area contributed by atoms with Crippen LogP contribution in [-0.4, -0.2) is 60.4 Å². The highest BCUT2D eigenvalue weighted by molar-refractivity contribution is 6.46. The van der Waals surface area contributed by atoms with Gasteiger partial charge in [-0.3, -0.25) is 9.59 Å². The fourth-order valence-electron chi connectivity index (χ4n) is 3.78. The van der Waals surface area contributed by atoms with Gasteiger partial charge in [-0.2, -0.15) is 0 Å². The number of likely N-dealkylation sites (tertiary alicyclic amines) is 1. The minimum Gasteiger partial charge on any atom is -0.507 e. The summed E-state index contributed by atoms with van der Waals surface area (Å²) in [7, 11) is 3.93. The zero-order chi connectivity index (χ0) is 23.3. The lowest BCUT2D eigenvalue weighted by molar-refractivity contribution is -0.139. The Bertz CT molecular complexity index is 1010. The fourth-order valence-corrected chi connectivity index (χ4v) is 3.78. The summed E-state index contributed by atoms with van der Waals surface area (Å²) in [5.41, 5.74) is 2.45. The Labute approximate surface area is 189 Å². The van der Waals surface area contributed by atoms with Gasteiger partial charge in [-0.25, -0.2) is 0 Å². The number of aliphatic hydroxyl groups excluding tert-OH is 1. The van der Waals surface area contributed by atoms with E-state index >= 15 is 0 Å². The van der Waals surface area contributed by atoms with E-state index in [0.29, 0.717) is 24.5 Å². The summed E-state index contributed by atoms with van der Waals surface area (Å²) in [6, 6.07) is 13.9. The number of hydrogen-bond donors (Lipinski definition) is 1. The van der Waals surface area contributed by atoms with Crippen molar-refractivity contribution in [3.8, 4) is 5.75 Å². The number of aliphatic hydroxyl groups is 1. The van der Waals surface area contributed by atoms with Crippen molar-refractivity contribution in [2.45, 2.75) is 19.4 Å². The minimum atomic E-state index is -0.662. The maximum Gasteiger partial charge on any atom is 0.295 e. The largest absolute Gasteiger partial charge is 0.507 e. The lowest BCUT2D eigenvalue weighted by atomic mass is 9.94. The monoisotopic (exact) mass is 434 g/mol. The van der Waals surface area contributed by atoms with Crippen molar-refractivity contribution in [3.63, 3.8) is 0 Å². The summed E-state index contributed by atoms with van der Waals surface area (Å²) in [4.78, 5) is 29.6. The third kappa shape index (κ3) is 5.08. The lowest BCUT2D eigenvalue weighted by Crippen LogP contribution is -2.32. The molecule has 0 radical (unpaired) electrons. The van der Waals surface area contributed by atoms with Crippen molar-refractivity contribution in [2.24, 2.45) is 0 Å². The first-order valence-electron chi connectivity index (χ1n) is 10.7. The van der Waals surface area contributed by atoms with Crippen molar-refractivity contribution < 1.29 is 19.4 Å². The molecule has 1 fully saturated rings. The Morgan fingerprint density at radius 2 is 1.78 bits per heavy atom. The van der Waals surface area contributed by atoms with Gasteiger partial charge in [0.15, 0.2) is 0 Å². The van der Waals surface area contributed by atoms with Crippen LogP contribution in [0.5, 0.6) is 5.75 Å². The molecule has 1 aliphatic heterocycles. The third-order valence-electron chi connectivity index (χ3n) is 5.43. The number of rotatable bonds is 9. The van der Waals surface area contributed by atoms with Crippen LogP contribution in [0.4, 0.5) is 0 Å². The van der Waals surface area contributed by atoms with E-state index < -0.39 is 17.7 Å². The van der Waals surface area contributed by atoms with Gasteiger partial charge in [0.1, 0.15) is 18.1 Å². The highest BCUT2D eigenvalue weighted by atomic mass is 16.5. The molecule has 6 nitrogen and oxygen atoms in total. The highest BCUT2D eigenvalue weighted by Gasteiger charge is 2.45. The maximum absolute atomic E-state index is 13.0. The fraction of sp³-hybridized carbons (Fsp3) is 0.308. The molecule has 1 atom stereocenters. The topological polar surface area (TPSA) is 70.1 Å². The first kappa shape index (κ1) is 23.3. The summed E-state index contributed by atoms with van der Waals surface area (Å²) >= 11 is 0. The SMILES string of the molecule is C=CCOc1ccc(/C(O)=C2\C(=O)C(=O)N(CCCN(C)C)[C@H]2c2ccc(C)cc2)cc1. The Kier molecular flexibility index (Phi) is 7.49. The van der Waals surface area contributed by atoms with E-state index in [2.05, 4.69) is 6.58 Å². The minimum absolute atomic E-state index is 0.114. The number of hydrogen-bond acceptors (Lipinski definition) is 5. The molecule has 1 N–H and O–H groups in total. The summed E-state index contributed by atoms with van der Waals surface area (Å²) in [5, 5.41) is 11.1. The molecule has 0 spiro atoms. The van der Waals surface area contributed by atoms with Gasteiger partial charge < -0.3 is 19.6 Å². The molecule has 2 aromatic carbocycles. The number of Topliss-reactive ketones (excluding diaryl/α,β-unsaturated/α-hetero) is 1. The number of benzene rings is 2. The molecule has 0 aliphatic carbocycles. The van der Waals surface area contributed by atoms with Gasteiger partial charge in [-0.05, 0) is 63.8 Å². The summed E-state index contributed by atoms with van der Waals surface area (Å²) in [6.45, 7) is 7.18. The predicted octanol–water partition coefficient (Wildman–Crippen LogP) is 3.93. The first-order chi connectivity index (χ1) is 15.3. The van der Waals surface area contributed by atoms with Crippen LogP contribution < -0.4 is 4.74 Å². The Morgan fingerprint density at radius 1 is 1.12 bits per heavy atom. The van der Waals surface area contributed by atoms with E-state index in [1.54, 1.807) is 35.2 Å². The van der Waals surface area contributed by atoms with Gasteiger partial charge in [0, 0.05) is 12.1 Å². The van der Waals surface area contributed by atoms with Crippen molar-refractivity contribution >= 4 is 17.4 Å². The molecule has 32 heavy (non-hydrogen) atoms. The molecule has 0 bridgehead atoms. The van der Waals surface area contributed by atoms with E-state index in [0.717, 1.165) is 24.1 Å². The van der Waals surface area contributed by atoms with Crippen molar-refractivity contribution in [1.82, 2.24) is 9.80 Å². The normalized spacial score (nSPS) is 17.8. The number of aryl methyl sites for hydroxylation is 1. The number of nitrogens with zero attached hydrogens (tertiary/aromatic N) is 2. The van der Waals surface area contributed by atoms with E-state index in [9.17, 15) is 14.7 Å². The van der Waals surface area contributed by atoms with Crippen LogP contribution in [0.15, 0.2) is 66.8 Å². The quantitative estimate of drug-likeness (QED) is 0.280. The summed E-state index contributed by atoms with van der Waals surface area (Å²) in [5.74, 6) is -0.799. The molecule has 1 heterocycles. The van der Waals surface area contributed by atoms with E-state index in [1.165, 1.54) is 0 Å². The Hall–Kier alpha value is -3.38. The van der Waals surface area contributed by atoms with E-state index in [1.807, 2.05) is 50.2 Å². The van der Waals surface area contributed by atoms with Gasteiger partial charge in [-0.1, -0.05) is 42.5 Å². The number of ketones is 1. The average molecular weight is 435 g/mol. The molecule has 2 aromatic rings. The van der Waals surface area contributed by atoms with Crippen molar-refractivity contribution in [2.75, 3.05) is 33.8 Å². The van der Waals surface area contributed by atoms with Crippen LogP contribution in [0.1, 0.15) is 29.2 Å². The van der Waals surface area contributed by atoms with Gasteiger partial charge >= 0.3 is 0 Å². The van der Waals surface area contributed by atoms with Crippen LogP contribution in [-0.2, 0) is 9.59 Å². The Morgan fingerprint density at radius 3 is 2.38 bits per heavy atom. The molecule has 0 aromatic heterocycles. The molecule has 168 valence electrons. The van der Waals surface area contributed by atoms with E-state index in [4.69, 9.17) is 4.74 Å². The van der Waals surface area contributed by atoms with Crippen LogP contribution in [0, 0.1) is 6.92 Å². The maximum atomic E-state index is 13.0. The van der Waals surface area contributed by atoms with Crippen LogP contribution in [0.25, 0.3) is 5.76 Å². The molecular formula is C26H30N2O4. The van der Waals surface area contributed by atoms with Crippen LogP contribution in [0.2, 0.25) is 0 Å². The van der Waals surface area contributed by atoms with Gasteiger partial charge in [0.2, 0.25) is 0 Å². The molecule has 1 aliphatic rings. The molecular weight excluding hydrogens is 404 g/mol. The van der Waals surface area contributed by atoms with Crippen LogP contribution >= 0.6 is 0 Å². The summed E-state index contributed by atoms with van der Waals surface area (Å²) in [6.07, 6.45) is 2.37. The van der Waals surface area contributed by atoms with E-state index in [-0.39, 0.29) is 11.3 Å². The average Bonchev–Trinajstić information content (AvgIpc) is 3.03. The van der Waals surface area contributed by atoms with Crippen LogP contribution in [0.3, 0.4) is 0 Å². The summed E-state index contributed by atoms with van der Waals surface area (Å²) < 4.78 is 5.49. The van der Waals surface area contributed by atoms with Crippen molar-refractivity contribution in [1.29, 1.82) is 0 Å².